The standard InChI is InChI=1S/C6H12BNO2/c1-5(9)2-3-8-6(10)4-7/h2-4,7H2,1H3,(H,8,10). The van der Waals surface area contributed by atoms with E-state index in [9.17, 15) is 9.59 Å². The van der Waals surface area contributed by atoms with Gasteiger partial charge in [0.1, 0.15) is 13.6 Å². The molecule has 3 nitrogen and oxygen atoms in total. The number of Topliss-reactive ketones (excluding diaryl/α,β-unsaturated/α-hetero) is 1. The first-order chi connectivity index (χ1) is 4.66. The molecular formula is C6H12BNO2. The third-order valence-electron chi connectivity index (χ3n) is 1.12. The van der Waals surface area contributed by atoms with Crippen molar-refractivity contribution in [2.75, 3.05) is 6.54 Å². The first kappa shape index (κ1) is 9.20. The third kappa shape index (κ3) is 5.34. The molecular weight excluding hydrogens is 129 g/mol. The SMILES string of the molecule is BCC(=O)NCCC(C)=O. The molecule has 0 heterocycles. The van der Waals surface area contributed by atoms with E-state index < -0.39 is 0 Å². The Morgan fingerprint density at radius 3 is 2.50 bits per heavy atom. The topological polar surface area (TPSA) is 46.2 Å². The molecule has 0 aliphatic rings. The molecule has 0 unspecified atom stereocenters. The highest BCUT2D eigenvalue weighted by molar-refractivity contribution is 6.19. The first-order valence-corrected chi connectivity index (χ1v) is 3.43. The van der Waals surface area contributed by atoms with Crippen LogP contribution >= 0.6 is 0 Å². The van der Waals surface area contributed by atoms with Crippen LogP contribution in [0.25, 0.3) is 0 Å². The molecule has 0 saturated carbocycles. The molecule has 0 saturated heterocycles. The summed E-state index contributed by atoms with van der Waals surface area (Å²) in [7, 11) is 1.78. The molecule has 0 aliphatic heterocycles. The summed E-state index contributed by atoms with van der Waals surface area (Å²) in [5, 5.41) is 2.60. The van der Waals surface area contributed by atoms with E-state index in [1.807, 2.05) is 0 Å². The lowest BCUT2D eigenvalue weighted by Gasteiger charge is -1.99. The Morgan fingerprint density at radius 2 is 2.10 bits per heavy atom. The number of hydrogen-bond acceptors (Lipinski definition) is 2. The van der Waals surface area contributed by atoms with E-state index in [0.29, 0.717) is 19.3 Å². The minimum atomic E-state index is 0.00116. The lowest BCUT2D eigenvalue weighted by atomic mass is 10.1. The van der Waals surface area contributed by atoms with Crippen LogP contribution in [-0.2, 0) is 9.59 Å². The van der Waals surface area contributed by atoms with E-state index in [1.165, 1.54) is 6.92 Å². The monoisotopic (exact) mass is 141 g/mol. The molecule has 0 spiro atoms. The molecule has 1 N–H and O–H groups in total. The van der Waals surface area contributed by atoms with Crippen LogP contribution in [0, 0.1) is 0 Å². The van der Waals surface area contributed by atoms with Gasteiger partial charge >= 0.3 is 0 Å². The van der Waals surface area contributed by atoms with Gasteiger partial charge < -0.3 is 5.32 Å². The maximum absolute atomic E-state index is 10.6. The van der Waals surface area contributed by atoms with Gasteiger partial charge in [-0.1, -0.05) is 0 Å². The smallest absolute Gasteiger partial charge is 0.212 e. The van der Waals surface area contributed by atoms with Crippen LogP contribution in [0.15, 0.2) is 0 Å². The van der Waals surface area contributed by atoms with Crippen LogP contribution in [0.1, 0.15) is 13.3 Å². The van der Waals surface area contributed by atoms with E-state index in [2.05, 4.69) is 5.32 Å². The molecule has 0 atom stereocenters. The Labute approximate surface area is 61.6 Å². The summed E-state index contributed by atoms with van der Waals surface area (Å²) in [6, 6.07) is 0. The largest absolute Gasteiger partial charge is 0.356 e. The maximum Gasteiger partial charge on any atom is 0.212 e. The Bertz CT molecular complexity index is 136. The summed E-state index contributed by atoms with van der Waals surface area (Å²) >= 11 is 0. The second-order valence-corrected chi connectivity index (χ2v) is 2.16. The second-order valence-electron chi connectivity index (χ2n) is 2.16. The van der Waals surface area contributed by atoms with Gasteiger partial charge in [-0.3, -0.25) is 9.59 Å². The van der Waals surface area contributed by atoms with E-state index >= 15 is 0 Å². The number of rotatable bonds is 4. The lowest BCUT2D eigenvalue weighted by molar-refractivity contribution is -0.119. The van der Waals surface area contributed by atoms with Gasteiger partial charge in [0.2, 0.25) is 5.91 Å². The lowest BCUT2D eigenvalue weighted by Crippen LogP contribution is -2.24. The van der Waals surface area contributed by atoms with E-state index in [4.69, 9.17) is 0 Å². The molecule has 0 aliphatic carbocycles. The predicted octanol–water partition coefficient (Wildman–Crippen LogP) is -0.867. The summed E-state index contributed by atoms with van der Waals surface area (Å²) in [6.45, 7) is 1.99. The second kappa shape index (κ2) is 5.03. The van der Waals surface area contributed by atoms with Crippen molar-refractivity contribution in [1.29, 1.82) is 0 Å². The van der Waals surface area contributed by atoms with Crippen molar-refractivity contribution < 1.29 is 9.59 Å². The fraction of sp³-hybridized carbons (Fsp3) is 0.667. The molecule has 0 rings (SSSR count). The summed E-state index contributed by atoms with van der Waals surface area (Å²) in [4.78, 5) is 20.9. The Hall–Kier alpha value is -0.795. The van der Waals surface area contributed by atoms with Gasteiger partial charge in [0.15, 0.2) is 0 Å². The van der Waals surface area contributed by atoms with Crippen molar-refractivity contribution in [3.05, 3.63) is 0 Å². The number of carbonyl (C=O) groups excluding carboxylic acids is 2. The average Bonchev–Trinajstić information content (AvgIpc) is 1.87. The van der Waals surface area contributed by atoms with Gasteiger partial charge in [0.25, 0.3) is 0 Å². The first-order valence-electron chi connectivity index (χ1n) is 3.43. The average molecular weight is 141 g/mol. The van der Waals surface area contributed by atoms with Gasteiger partial charge in [-0.05, 0) is 13.2 Å². The van der Waals surface area contributed by atoms with Crippen LogP contribution in [-0.4, -0.2) is 26.1 Å². The minimum Gasteiger partial charge on any atom is -0.356 e. The zero-order chi connectivity index (χ0) is 7.98. The van der Waals surface area contributed by atoms with Gasteiger partial charge in [0.05, 0.1) is 0 Å². The maximum atomic E-state index is 10.6. The fourth-order valence-electron chi connectivity index (χ4n) is 0.503. The molecule has 0 aromatic rings. The zero-order valence-corrected chi connectivity index (χ0v) is 6.44. The molecule has 1 amide bonds. The Kier molecular flexibility index (Phi) is 4.63. The number of ketones is 1. The van der Waals surface area contributed by atoms with Crippen molar-refractivity contribution in [3.63, 3.8) is 0 Å². The number of carbonyl (C=O) groups is 2. The van der Waals surface area contributed by atoms with E-state index in [1.54, 1.807) is 7.85 Å². The highest BCUT2D eigenvalue weighted by Gasteiger charge is 1.96. The summed E-state index contributed by atoms with van der Waals surface area (Å²) in [6.07, 6.45) is 0.920. The molecule has 0 aromatic heterocycles. The normalized spacial score (nSPS) is 8.90. The van der Waals surface area contributed by atoms with Crippen LogP contribution in [0.4, 0.5) is 0 Å². The predicted molar refractivity (Wildman–Crippen MR) is 41.7 cm³/mol. The van der Waals surface area contributed by atoms with Crippen molar-refractivity contribution in [2.24, 2.45) is 0 Å². The zero-order valence-electron chi connectivity index (χ0n) is 6.44. The van der Waals surface area contributed by atoms with Crippen LogP contribution in [0.5, 0.6) is 0 Å². The van der Waals surface area contributed by atoms with E-state index in [-0.39, 0.29) is 11.7 Å². The summed E-state index contributed by atoms with van der Waals surface area (Å²) in [5.41, 5.74) is 0. The molecule has 56 valence electrons. The number of hydrogen-bond donors (Lipinski definition) is 1. The third-order valence-corrected chi connectivity index (χ3v) is 1.12. The molecule has 4 heteroatoms. The van der Waals surface area contributed by atoms with Crippen LogP contribution < -0.4 is 5.32 Å². The highest BCUT2D eigenvalue weighted by atomic mass is 16.1. The molecule has 0 fully saturated rings. The molecule has 0 aromatic carbocycles. The Balaban J connectivity index is 3.20. The Morgan fingerprint density at radius 1 is 1.50 bits per heavy atom. The van der Waals surface area contributed by atoms with Gasteiger partial charge in [-0.15, -0.1) is 0 Å². The molecule has 0 radical (unpaired) electrons. The van der Waals surface area contributed by atoms with Crippen molar-refractivity contribution in [2.45, 2.75) is 19.7 Å². The van der Waals surface area contributed by atoms with Crippen LogP contribution in [0.3, 0.4) is 0 Å². The van der Waals surface area contributed by atoms with E-state index in [0.717, 1.165) is 0 Å². The minimum absolute atomic E-state index is 0.00116. The van der Waals surface area contributed by atoms with Gasteiger partial charge in [-0.25, -0.2) is 0 Å². The number of nitrogens with one attached hydrogen (secondary N) is 1. The van der Waals surface area contributed by atoms with Gasteiger partial charge in [0, 0.05) is 13.0 Å². The highest BCUT2D eigenvalue weighted by Crippen LogP contribution is 1.79. The van der Waals surface area contributed by atoms with Crippen LogP contribution in [0.2, 0.25) is 6.32 Å². The number of amides is 1. The quantitative estimate of drug-likeness (QED) is 0.517. The van der Waals surface area contributed by atoms with Crippen molar-refractivity contribution >= 4 is 19.5 Å². The summed E-state index contributed by atoms with van der Waals surface area (Å²) in [5.74, 6) is 0.109. The summed E-state index contributed by atoms with van der Waals surface area (Å²) < 4.78 is 0. The van der Waals surface area contributed by atoms with Gasteiger partial charge in [-0.2, -0.15) is 0 Å². The van der Waals surface area contributed by atoms with Crippen molar-refractivity contribution in [3.8, 4) is 0 Å². The fourth-order valence-corrected chi connectivity index (χ4v) is 0.503. The molecule has 10 heavy (non-hydrogen) atoms. The van der Waals surface area contributed by atoms with Crippen molar-refractivity contribution in [1.82, 2.24) is 5.32 Å². The molecule has 0 bridgehead atoms.